The number of ether oxygens (including phenoxy) is 3. The van der Waals surface area contributed by atoms with Gasteiger partial charge in [0.05, 0.1) is 37.8 Å². The van der Waals surface area contributed by atoms with Crippen molar-refractivity contribution in [2.75, 3.05) is 34.5 Å². The molecule has 0 N–H and O–H groups in total. The molecule has 8 heteroatoms. The van der Waals surface area contributed by atoms with E-state index < -0.39 is 6.04 Å². The summed E-state index contributed by atoms with van der Waals surface area (Å²) in [4.78, 5) is 28.2. The Morgan fingerprint density at radius 1 is 1.03 bits per heavy atom. The molecule has 0 bridgehead atoms. The largest absolute Gasteiger partial charge is 0.493 e. The molecule has 1 aliphatic rings. The van der Waals surface area contributed by atoms with Crippen LogP contribution in [0.5, 0.6) is 11.5 Å². The lowest BCUT2D eigenvalue weighted by Gasteiger charge is -2.25. The van der Waals surface area contributed by atoms with Crippen LogP contribution in [0.3, 0.4) is 0 Å². The van der Waals surface area contributed by atoms with E-state index in [1.807, 2.05) is 0 Å². The molecule has 3 aromatic rings. The summed E-state index contributed by atoms with van der Waals surface area (Å²) in [5.74, 6) is 0.712. The highest BCUT2D eigenvalue weighted by molar-refractivity contribution is 6.31. The van der Waals surface area contributed by atoms with Crippen molar-refractivity contribution in [2.45, 2.75) is 6.04 Å². The molecule has 0 spiro atoms. The summed E-state index contributed by atoms with van der Waals surface area (Å²) in [6.07, 6.45) is 0. The van der Waals surface area contributed by atoms with Crippen LogP contribution in [-0.2, 0) is 4.74 Å². The smallest absolute Gasteiger partial charge is 0.290 e. The zero-order valence-corrected chi connectivity index (χ0v) is 17.5. The molecule has 2 aromatic carbocycles. The first kappa shape index (κ1) is 20.3. The van der Waals surface area contributed by atoms with Crippen LogP contribution in [0, 0.1) is 0 Å². The quantitative estimate of drug-likeness (QED) is 0.595. The Labute approximate surface area is 177 Å². The number of nitrogens with zero attached hydrogens (tertiary/aromatic N) is 1. The van der Waals surface area contributed by atoms with Crippen molar-refractivity contribution in [3.63, 3.8) is 0 Å². The van der Waals surface area contributed by atoms with Crippen LogP contribution in [0.15, 0.2) is 45.6 Å². The number of halogens is 1. The molecule has 1 aromatic heterocycles. The number of rotatable bonds is 6. The van der Waals surface area contributed by atoms with Crippen molar-refractivity contribution in [1.29, 1.82) is 0 Å². The van der Waals surface area contributed by atoms with Crippen LogP contribution in [0.4, 0.5) is 0 Å². The van der Waals surface area contributed by atoms with Crippen LogP contribution in [0.1, 0.15) is 27.7 Å². The van der Waals surface area contributed by atoms with Crippen molar-refractivity contribution in [3.8, 4) is 11.5 Å². The Hall–Kier alpha value is -3.03. The standard InChI is InChI=1S/C22H20ClNO6/c1-27-9-8-24-19(12-4-6-16(28-2)17(10-12)29-3)18-20(25)14-11-13(23)5-7-15(14)30-21(18)22(24)26/h4-7,10-11,19H,8-9H2,1-3H3. The fourth-order valence-electron chi connectivity index (χ4n) is 3.78. The lowest BCUT2D eigenvalue weighted by molar-refractivity contribution is 0.0663. The summed E-state index contributed by atoms with van der Waals surface area (Å²) in [5, 5.41) is 0.742. The van der Waals surface area contributed by atoms with Gasteiger partial charge in [-0.05, 0) is 35.9 Å². The monoisotopic (exact) mass is 429 g/mol. The first-order chi connectivity index (χ1) is 14.5. The van der Waals surface area contributed by atoms with Gasteiger partial charge in [-0.3, -0.25) is 9.59 Å². The molecule has 30 heavy (non-hydrogen) atoms. The van der Waals surface area contributed by atoms with Crippen LogP contribution in [0.2, 0.25) is 5.02 Å². The number of hydrogen-bond acceptors (Lipinski definition) is 6. The van der Waals surface area contributed by atoms with Crippen LogP contribution in [-0.4, -0.2) is 45.3 Å². The highest BCUT2D eigenvalue weighted by atomic mass is 35.5. The number of fused-ring (bicyclic) bond motifs is 2. The van der Waals surface area contributed by atoms with Gasteiger partial charge in [-0.25, -0.2) is 0 Å². The third-order valence-electron chi connectivity index (χ3n) is 5.19. The van der Waals surface area contributed by atoms with E-state index in [0.29, 0.717) is 39.7 Å². The topological polar surface area (TPSA) is 78.2 Å². The van der Waals surface area contributed by atoms with Crippen molar-refractivity contribution in [2.24, 2.45) is 0 Å². The molecule has 0 saturated carbocycles. The molecule has 1 aliphatic heterocycles. The molecule has 1 unspecified atom stereocenters. The molecule has 2 heterocycles. The van der Waals surface area contributed by atoms with Crippen LogP contribution < -0.4 is 14.9 Å². The molecule has 4 rings (SSSR count). The fraction of sp³-hybridized carbons (Fsp3) is 0.273. The Kier molecular flexibility index (Phi) is 5.40. The van der Waals surface area contributed by atoms with Crippen LogP contribution >= 0.6 is 11.6 Å². The minimum absolute atomic E-state index is 0.0331. The second-order valence-electron chi connectivity index (χ2n) is 6.82. The van der Waals surface area contributed by atoms with Crippen molar-refractivity contribution in [1.82, 2.24) is 4.90 Å². The van der Waals surface area contributed by atoms with E-state index >= 15 is 0 Å². The Bertz CT molecular complexity index is 1190. The summed E-state index contributed by atoms with van der Waals surface area (Å²) in [6.45, 7) is 0.595. The summed E-state index contributed by atoms with van der Waals surface area (Å²) >= 11 is 6.09. The average molecular weight is 430 g/mol. The number of hydrogen-bond donors (Lipinski definition) is 0. The predicted molar refractivity (Wildman–Crippen MR) is 112 cm³/mol. The van der Waals surface area contributed by atoms with Gasteiger partial charge in [-0.2, -0.15) is 0 Å². The molecule has 156 valence electrons. The molecule has 1 amide bonds. The summed E-state index contributed by atoms with van der Waals surface area (Å²) < 4.78 is 21.8. The van der Waals surface area contributed by atoms with E-state index in [9.17, 15) is 9.59 Å². The van der Waals surface area contributed by atoms with Gasteiger partial charge in [0.15, 0.2) is 16.9 Å². The molecular weight excluding hydrogens is 410 g/mol. The second kappa shape index (κ2) is 8.01. The molecular formula is C22H20ClNO6. The lowest BCUT2D eigenvalue weighted by atomic mass is 9.98. The molecule has 0 aliphatic carbocycles. The van der Waals surface area contributed by atoms with Gasteiger partial charge in [0, 0.05) is 18.7 Å². The Balaban J connectivity index is 1.96. The number of benzene rings is 2. The Morgan fingerprint density at radius 2 is 1.80 bits per heavy atom. The normalized spacial score (nSPS) is 15.5. The number of carbonyl (C=O) groups excluding carboxylic acids is 1. The van der Waals surface area contributed by atoms with E-state index in [1.165, 1.54) is 7.11 Å². The van der Waals surface area contributed by atoms with Gasteiger partial charge in [0.1, 0.15) is 5.58 Å². The van der Waals surface area contributed by atoms with Crippen molar-refractivity contribution >= 4 is 28.5 Å². The first-order valence-corrected chi connectivity index (χ1v) is 9.66. The molecule has 0 fully saturated rings. The van der Waals surface area contributed by atoms with E-state index in [-0.39, 0.29) is 29.2 Å². The van der Waals surface area contributed by atoms with Gasteiger partial charge in [0.2, 0.25) is 5.76 Å². The second-order valence-corrected chi connectivity index (χ2v) is 7.26. The zero-order chi connectivity index (χ0) is 21.4. The highest BCUT2D eigenvalue weighted by Crippen LogP contribution is 2.40. The summed E-state index contributed by atoms with van der Waals surface area (Å²) in [7, 11) is 4.63. The Morgan fingerprint density at radius 3 is 2.50 bits per heavy atom. The first-order valence-electron chi connectivity index (χ1n) is 9.28. The third-order valence-corrected chi connectivity index (χ3v) is 5.42. The molecule has 1 atom stereocenters. The maximum absolute atomic E-state index is 13.4. The van der Waals surface area contributed by atoms with Gasteiger partial charge >= 0.3 is 0 Å². The highest BCUT2D eigenvalue weighted by Gasteiger charge is 2.42. The molecule has 0 saturated heterocycles. The van der Waals surface area contributed by atoms with E-state index in [2.05, 4.69) is 0 Å². The van der Waals surface area contributed by atoms with Gasteiger partial charge in [0.25, 0.3) is 5.91 Å². The van der Waals surface area contributed by atoms with Gasteiger partial charge in [-0.15, -0.1) is 0 Å². The van der Waals surface area contributed by atoms with Crippen molar-refractivity contribution in [3.05, 3.63) is 68.5 Å². The third kappa shape index (κ3) is 3.20. The summed E-state index contributed by atoms with van der Waals surface area (Å²) in [5.41, 5.74) is 1.00. The number of amides is 1. The maximum atomic E-state index is 13.4. The number of carbonyl (C=O) groups is 1. The summed E-state index contributed by atoms with van der Waals surface area (Å²) in [6, 6.07) is 9.41. The van der Waals surface area contributed by atoms with Gasteiger partial charge in [-0.1, -0.05) is 17.7 Å². The van der Waals surface area contributed by atoms with E-state index in [0.717, 1.165) is 0 Å². The van der Waals surface area contributed by atoms with E-state index in [1.54, 1.807) is 55.5 Å². The molecule has 0 radical (unpaired) electrons. The minimum Gasteiger partial charge on any atom is -0.493 e. The molecule has 7 nitrogen and oxygen atoms in total. The average Bonchev–Trinajstić information content (AvgIpc) is 3.04. The van der Waals surface area contributed by atoms with E-state index in [4.69, 9.17) is 30.2 Å². The number of methoxy groups -OCH3 is 3. The van der Waals surface area contributed by atoms with Gasteiger partial charge < -0.3 is 23.5 Å². The maximum Gasteiger partial charge on any atom is 0.290 e. The minimum atomic E-state index is -0.651. The predicted octanol–water partition coefficient (Wildman–Crippen LogP) is 3.66. The zero-order valence-electron chi connectivity index (χ0n) is 16.7. The van der Waals surface area contributed by atoms with Crippen molar-refractivity contribution < 1.29 is 23.4 Å². The lowest BCUT2D eigenvalue weighted by Crippen LogP contribution is -2.32. The SMILES string of the molecule is COCCN1C(=O)c2oc3ccc(Cl)cc3c(=O)c2C1c1ccc(OC)c(OC)c1. The van der Waals surface area contributed by atoms with Crippen LogP contribution in [0.25, 0.3) is 11.0 Å². The fourth-order valence-corrected chi connectivity index (χ4v) is 3.95.